The van der Waals surface area contributed by atoms with E-state index >= 15 is 0 Å². The highest BCUT2D eigenvalue weighted by Crippen LogP contribution is 2.00. The van der Waals surface area contributed by atoms with Gasteiger partial charge in [0.05, 0.1) is 23.7 Å². The molecule has 0 aliphatic rings. The molecule has 0 radical (unpaired) electrons. The largest absolute Gasteiger partial charge is 0.340 e. The Kier molecular flexibility index (Phi) is 14.8. The standard InChI is InChI=1S/C16H32N6O4/c1-3-5-7-9-11-17-15(23)21(19-25)13-14-22(20-26)16(24)18-12-10-8-6-4-2/h3-14H2,1-2H3,(H,17,23)(H,18,24). The van der Waals surface area contributed by atoms with Crippen LogP contribution in [-0.2, 0) is 0 Å². The van der Waals surface area contributed by atoms with Gasteiger partial charge in [-0.25, -0.2) is 9.59 Å². The van der Waals surface area contributed by atoms with Gasteiger partial charge in [-0.1, -0.05) is 52.4 Å². The second kappa shape index (κ2) is 16.2. The number of urea groups is 2. The van der Waals surface area contributed by atoms with Crippen molar-refractivity contribution in [3.8, 4) is 0 Å². The van der Waals surface area contributed by atoms with E-state index in [2.05, 4.69) is 35.1 Å². The van der Waals surface area contributed by atoms with Crippen LogP contribution >= 0.6 is 0 Å². The Hall–Kier alpha value is -2.26. The quantitative estimate of drug-likeness (QED) is 0.259. The summed E-state index contributed by atoms with van der Waals surface area (Å²) in [7, 11) is 0. The average molecular weight is 372 g/mol. The summed E-state index contributed by atoms with van der Waals surface area (Å²) < 4.78 is 0. The van der Waals surface area contributed by atoms with Crippen molar-refractivity contribution in [3.05, 3.63) is 9.81 Å². The van der Waals surface area contributed by atoms with Gasteiger partial charge in [0.25, 0.3) is 0 Å². The molecule has 0 aliphatic carbocycles. The molecule has 0 aromatic rings. The normalized spacial score (nSPS) is 10.1. The van der Waals surface area contributed by atoms with Crippen LogP contribution in [0.2, 0.25) is 0 Å². The number of hydrogen-bond donors (Lipinski definition) is 2. The molecule has 0 aromatic carbocycles. The van der Waals surface area contributed by atoms with E-state index in [4.69, 9.17) is 0 Å². The Balaban J connectivity index is 4.15. The Morgan fingerprint density at radius 1 is 0.692 bits per heavy atom. The van der Waals surface area contributed by atoms with Gasteiger partial charge in [-0.15, -0.1) is 9.81 Å². The lowest BCUT2D eigenvalue weighted by Gasteiger charge is -2.18. The fraction of sp³-hybridized carbons (Fsp3) is 0.875. The third kappa shape index (κ3) is 11.3. The highest BCUT2D eigenvalue weighted by molar-refractivity contribution is 5.75. The average Bonchev–Trinajstić information content (AvgIpc) is 2.64. The molecule has 0 saturated carbocycles. The van der Waals surface area contributed by atoms with E-state index in [1.807, 2.05) is 0 Å². The first kappa shape index (κ1) is 23.7. The van der Waals surface area contributed by atoms with E-state index in [-0.39, 0.29) is 13.1 Å². The van der Waals surface area contributed by atoms with E-state index in [9.17, 15) is 19.4 Å². The molecule has 0 heterocycles. The van der Waals surface area contributed by atoms with Crippen molar-refractivity contribution in [3.63, 3.8) is 0 Å². The van der Waals surface area contributed by atoms with E-state index in [1.165, 1.54) is 0 Å². The molecule has 0 bridgehead atoms. The molecule has 2 N–H and O–H groups in total. The molecule has 26 heavy (non-hydrogen) atoms. The summed E-state index contributed by atoms with van der Waals surface area (Å²) in [5.41, 5.74) is 0. The smallest absolute Gasteiger partial charge is 0.336 e. The predicted molar refractivity (Wildman–Crippen MR) is 100 cm³/mol. The van der Waals surface area contributed by atoms with Gasteiger partial charge in [-0.2, -0.15) is 10.0 Å². The number of nitrogens with one attached hydrogen (secondary N) is 2. The fourth-order valence-electron chi connectivity index (χ4n) is 2.23. The summed E-state index contributed by atoms with van der Waals surface area (Å²) in [5, 5.41) is 11.7. The van der Waals surface area contributed by atoms with Crippen LogP contribution in [-0.4, -0.2) is 48.3 Å². The first-order valence-electron chi connectivity index (χ1n) is 9.37. The molecule has 150 valence electrons. The van der Waals surface area contributed by atoms with Crippen LogP contribution in [0.5, 0.6) is 0 Å². The monoisotopic (exact) mass is 372 g/mol. The molecule has 0 rings (SSSR count). The van der Waals surface area contributed by atoms with Crippen molar-refractivity contribution in [2.75, 3.05) is 26.2 Å². The maximum absolute atomic E-state index is 11.8. The van der Waals surface area contributed by atoms with Crippen LogP contribution in [0.1, 0.15) is 65.2 Å². The van der Waals surface area contributed by atoms with Crippen molar-refractivity contribution < 1.29 is 9.59 Å². The number of nitrogens with zero attached hydrogens (tertiary/aromatic N) is 4. The molecular formula is C16H32N6O4. The van der Waals surface area contributed by atoms with Crippen molar-refractivity contribution in [2.24, 2.45) is 10.6 Å². The first-order valence-corrected chi connectivity index (χ1v) is 9.37. The van der Waals surface area contributed by atoms with Crippen molar-refractivity contribution in [1.29, 1.82) is 0 Å². The lowest BCUT2D eigenvalue weighted by Crippen LogP contribution is -2.43. The number of amides is 4. The summed E-state index contributed by atoms with van der Waals surface area (Å²) in [5.74, 6) is 0. The Morgan fingerprint density at radius 3 is 1.38 bits per heavy atom. The van der Waals surface area contributed by atoms with Gasteiger partial charge in [0.15, 0.2) is 0 Å². The SMILES string of the molecule is CCCCCCNC(=O)N(CCN(N=O)C(=O)NCCCCCC)N=O. The Labute approximate surface area is 154 Å². The third-order valence-electron chi connectivity index (χ3n) is 3.80. The highest BCUT2D eigenvalue weighted by atomic mass is 16.3. The number of rotatable bonds is 15. The summed E-state index contributed by atoms with van der Waals surface area (Å²) in [6.45, 7) is 4.64. The zero-order valence-electron chi connectivity index (χ0n) is 15.9. The van der Waals surface area contributed by atoms with Crippen LogP contribution in [0.15, 0.2) is 10.6 Å². The van der Waals surface area contributed by atoms with Crippen molar-refractivity contribution in [1.82, 2.24) is 20.7 Å². The Bertz CT molecular complexity index is 384. The van der Waals surface area contributed by atoms with Crippen molar-refractivity contribution >= 4 is 12.1 Å². The van der Waals surface area contributed by atoms with Crippen LogP contribution in [0.4, 0.5) is 9.59 Å². The molecule has 0 saturated heterocycles. The maximum Gasteiger partial charge on any atom is 0.340 e. The summed E-state index contributed by atoms with van der Waals surface area (Å²) >= 11 is 0. The van der Waals surface area contributed by atoms with Gasteiger partial charge in [0, 0.05) is 13.1 Å². The molecule has 10 nitrogen and oxygen atoms in total. The number of hydrogen-bond acceptors (Lipinski definition) is 6. The van der Waals surface area contributed by atoms with E-state index < -0.39 is 12.1 Å². The zero-order chi connectivity index (χ0) is 19.6. The minimum Gasteiger partial charge on any atom is -0.336 e. The number of unbranched alkanes of at least 4 members (excludes halogenated alkanes) is 6. The second-order valence-corrected chi connectivity index (χ2v) is 5.99. The lowest BCUT2D eigenvalue weighted by molar-refractivity contribution is 0.176. The van der Waals surface area contributed by atoms with E-state index in [0.717, 1.165) is 51.4 Å². The topological polar surface area (TPSA) is 124 Å². The van der Waals surface area contributed by atoms with Crippen LogP contribution < -0.4 is 10.6 Å². The molecule has 0 spiro atoms. The van der Waals surface area contributed by atoms with Crippen LogP contribution in [0.25, 0.3) is 0 Å². The molecule has 0 aromatic heterocycles. The van der Waals surface area contributed by atoms with Crippen LogP contribution in [0.3, 0.4) is 0 Å². The fourth-order valence-corrected chi connectivity index (χ4v) is 2.23. The van der Waals surface area contributed by atoms with Gasteiger partial charge >= 0.3 is 12.1 Å². The Morgan fingerprint density at radius 2 is 1.08 bits per heavy atom. The highest BCUT2D eigenvalue weighted by Gasteiger charge is 2.19. The number of carbonyl (C=O) groups excluding carboxylic acids is 2. The molecule has 0 unspecified atom stereocenters. The van der Waals surface area contributed by atoms with Crippen LogP contribution in [0, 0.1) is 9.81 Å². The van der Waals surface area contributed by atoms with E-state index in [1.54, 1.807) is 0 Å². The number of nitroso groups, excluding NO2 is 2. The predicted octanol–water partition coefficient (Wildman–Crippen LogP) is 3.53. The zero-order valence-corrected chi connectivity index (χ0v) is 15.9. The first-order chi connectivity index (χ1) is 12.6. The summed E-state index contributed by atoms with van der Waals surface area (Å²) in [6, 6.07) is -1.30. The maximum atomic E-state index is 11.8. The van der Waals surface area contributed by atoms with Crippen molar-refractivity contribution in [2.45, 2.75) is 65.2 Å². The molecule has 0 atom stereocenters. The lowest BCUT2D eigenvalue weighted by atomic mass is 10.2. The van der Waals surface area contributed by atoms with E-state index in [0.29, 0.717) is 23.1 Å². The van der Waals surface area contributed by atoms with Gasteiger partial charge in [0.1, 0.15) is 0 Å². The number of carbonyl (C=O) groups is 2. The summed E-state index contributed by atoms with van der Waals surface area (Å²) in [4.78, 5) is 45.3. The van der Waals surface area contributed by atoms with Gasteiger partial charge < -0.3 is 10.6 Å². The minimum atomic E-state index is -0.651. The third-order valence-corrected chi connectivity index (χ3v) is 3.80. The molecule has 0 fully saturated rings. The molecule has 4 amide bonds. The van der Waals surface area contributed by atoms with Gasteiger partial charge in [-0.05, 0) is 12.8 Å². The molecule has 10 heteroatoms. The minimum absolute atomic E-state index is 0.209. The van der Waals surface area contributed by atoms with Gasteiger partial charge in [0.2, 0.25) is 0 Å². The second-order valence-electron chi connectivity index (χ2n) is 5.99. The molecular weight excluding hydrogens is 340 g/mol. The molecule has 0 aliphatic heterocycles. The summed E-state index contributed by atoms with van der Waals surface area (Å²) in [6.07, 6.45) is 7.96. The van der Waals surface area contributed by atoms with Gasteiger partial charge in [-0.3, -0.25) is 0 Å².